The van der Waals surface area contributed by atoms with Crippen molar-refractivity contribution in [3.63, 3.8) is 0 Å². The quantitative estimate of drug-likeness (QED) is 0.785. The summed E-state index contributed by atoms with van der Waals surface area (Å²) in [5, 5.41) is 2.74. The van der Waals surface area contributed by atoms with E-state index in [0.717, 1.165) is 10.2 Å². The van der Waals surface area contributed by atoms with Crippen LogP contribution in [-0.2, 0) is 4.74 Å². The monoisotopic (exact) mass is 348 g/mol. The zero-order chi connectivity index (χ0) is 17.7. The maximum atomic E-state index is 12.3. The lowest BCUT2D eigenvalue weighted by molar-refractivity contribution is 0.0520. The van der Waals surface area contributed by atoms with Gasteiger partial charge >= 0.3 is 6.09 Å². The van der Waals surface area contributed by atoms with E-state index in [1.807, 2.05) is 45.9 Å². The van der Waals surface area contributed by atoms with E-state index in [1.54, 1.807) is 16.8 Å². The van der Waals surface area contributed by atoms with Gasteiger partial charge in [0.05, 0.1) is 15.7 Å². The molecule has 1 heterocycles. The first-order valence-corrected chi connectivity index (χ1v) is 8.96. The normalized spacial score (nSPS) is 12.8. The number of aromatic nitrogens is 1. The van der Waals surface area contributed by atoms with Gasteiger partial charge in [-0.25, -0.2) is 9.78 Å². The van der Waals surface area contributed by atoms with Crippen LogP contribution in [0.25, 0.3) is 10.2 Å². The van der Waals surface area contributed by atoms with E-state index in [0.29, 0.717) is 24.9 Å². The first kappa shape index (κ1) is 18.4. The molecule has 130 valence electrons. The van der Waals surface area contributed by atoms with Gasteiger partial charge < -0.3 is 10.1 Å². The van der Waals surface area contributed by atoms with E-state index >= 15 is 0 Å². The highest BCUT2D eigenvalue weighted by Gasteiger charge is 2.17. The van der Waals surface area contributed by atoms with Gasteiger partial charge in [-0.1, -0.05) is 6.92 Å². The van der Waals surface area contributed by atoms with E-state index in [-0.39, 0.29) is 11.7 Å². The molecule has 0 spiro atoms. The number of carbonyl (C=O) groups excluding carboxylic acids is 2. The van der Waals surface area contributed by atoms with Crippen LogP contribution in [0, 0.1) is 5.92 Å². The molecule has 0 saturated carbocycles. The average molecular weight is 348 g/mol. The molecule has 1 unspecified atom stereocenters. The van der Waals surface area contributed by atoms with E-state index < -0.39 is 11.7 Å². The Morgan fingerprint density at radius 2 is 2.08 bits per heavy atom. The number of rotatable bonds is 6. The second-order valence-corrected chi connectivity index (χ2v) is 7.87. The minimum atomic E-state index is -0.502. The predicted molar refractivity (Wildman–Crippen MR) is 96.6 cm³/mol. The lowest BCUT2D eigenvalue weighted by Crippen LogP contribution is -2.34. The molecule has 1 N–H and O–H groups in total. The third-order valence-corrected chi connectivity index (χ3v) is 4.32. The van der Waals surface area contributed by atoms with Crippen molar-refractivity contribution in [2.75, 3.05) is 6.54 Å². The van der Waals surface area contributed by atoms with Crippen LogP contribution < -0.4 is 5.32 Å². The van der Waals surface area contributed by atoms with Gasteiger partial charge in [0.25, 0.3) is 0 Å². The summed E-state index contributed by atoms with van der Waals surface area (Å²) in [5.41, 5.74) is 2.84. The fraction of sp³-hybridized carbons (Fsp3) is 0.500. The Balaban J connectivity index is 1.77. The number of fused-ring (bicyclic) bond motifs is 1. The Morgan fingerprint density at radius 1 is 1.33 bits per heavy atom. The SMILES string of the molecule is CC(CCC(=O)c1ccc2scnc2c1)CNC(=O)OC(C)(C)C. The van der Waals surface area contributed by atoms with Crippen molar-refractivity contribution >= 4 is 33.4 Å². The van der Waals surface area contributed by atoms with Crippen LogP contribution >= 0.6 is 11.3 Å². The number of carbonyl (C=O) groups is 2. The van der Waals surface area contributed by atoms with E-state index in [2.05, 4.69) is 10.3 Å². The maximum absolute atomic E-state index is 12.3. The molecule has 0 aliphatic rings. The highest BCUT2D eigenvalue weighted by molar-refractivity contribution is 7.16. The molecular weight excluding hydrogens is 324 g/mol. The summed E-state index contributed by atoms with van der Waals surface area (Å²) < 4.78 is 6.28. The van der Waals surface area contributed by atoms with Crippen molar-refractivity contribution in [3.8, 4) is 0 Å². The molecule has 0 fully saturated rings. The topological polar surface area (TPSA) is 68.3 Å². The van der Waals surface area contributed by atoms with Gasteiger partial charge in [0.1, 0.15) is 5.60 Å². The Morgan fingerprint density at radius 3 is 2.79 bits per heavy atom. The van der Waals surface area contributed by atoms with Gasteiger partial charge in [-0.15, -0.1) is 11.3 Å². The zero-order valence-corrected chi connectivity index (χ0v) is 15.4. The van der Waals surface area contributed by atoms with Gasteiger partial charge in [0, 0.05) is 18.5 Å². The standard InChI is InChI=1S/C18H24N2O3S/c1-12(10-19-17(22)23-18(2,3)4)5-7-15(21)13-6-8-16-14(9-13)20-11-24-16/h6,8-9,11-12H,5,7,10H2,1-4H3,(H,19,22). The molecule has 1 atom stereocenters. The molecule has 1 aromatic carbocycles. The number of benzene rings is 1. The lowest BCUT2D eigenvalue weighted by Gasteiger charge is -2.20. The number of nitrogens with zero attached hydrogens (tertiary/aromatic N) is 1. The molecule has 6 heteroatoms. The molecule has 0 radical (unpaired) electrons. The summed E-state index contributed by atoms with van der Waals surface area (Å²) in [7, 11) is 0. The first-order valence-electron chi connectivity index (χ1n) is 8.08. The third-order valence-electron chi connectivity index (χ3n) is 3.51. The van der Waals surface area contributed by atoms with Crippen molar-refractivity contribution in [2.45, 2.75) is 46.1 Å². The molecule has 1 aromatic heterocycles. The number of alkyl carbamates (subject to hydrolysis) is 1. The third kappa shape index (κ3) is 5.60. The molecule has 0 aliphatic carbocycles. The van der Waals surface area contributed by atoms with Crippen LogP contribution in [0.4, 0.5) is 4.79 Å². The number of nitrogens with one attached hydrogen (secondary N) is 1. The van der Waals surface area contributed by atoms with Crippen molar-refractivity contribution in [2.24, 2.45) is 5.92 Å². The summed E-state index contributed by atoms with van der Waals surface area (Å²) in [5.74, 6) is 0.304. The van der Waals surface area contributed by atoms with Crippen LogP contribution in [0.1, 0.15) is 50.9 Å². The highest BCUT2D eigenvalue weighted by atomic mass is 32.1. The molecule has 0 saturated heterocycles. The Bertz CT molecular complexity index is 718. The largest absolute Gasteiger partial charge is 0.444 e. The molecule has 5 nitrogen and oxygen atoms in total. The molecule has 0 aliphatic heterocycles. The van der Waals surface area contributed by atoms with Gasteiger partial charge in [-0.2, -0.15) is 0 Å². The highest BCUT2D eigenvalue weighted by Crippen LogP contribution is 2.20. The van der Waals surface area contributed by atoms with Crippen LogP contribution in [0.3, 0.4) is 0 Å². The Kier molecular flexibility index (Phi) is 5.94. The summed E-state index contributed by atoms with van der Waals surface area (Å²) in [4.78, 5) is 28.2. The molecule has 1 amide bonds. The minimum Gasteiger partial charge on any atom is -0.444 e. The van der Waals surface area contributed by atoms with Gasteiger partial charge in [-0.3, -0.25) is 4.79 Å². The summed E-state index contributed by atoms with van der Waals surface area (Å²) in [6.07, 6.45) is 0.742. The van der Waals surface area contributed by atoms with Crippen molar-refractivity contribution in [1.82, 2.24) is 10.3 Å². The number of amides is 1. The minimum absolute atomic E-state index is 0.106. The van der Waals surface area contributed by atoms with Crippen LogP contribution in [0.5, 0.6) is 0 Å². The fourth-order valence-corrected chi connectivity index (χ4v) is 2.89. The lowest BCUT2D eigenvalue weighted by atomic mass is 10.00. The Hall–Kier alpha value is -1.95. The zero-order valence-electron chi connectivity index (χ0n) is 14.6. The van der Waals surface area contributed by atoms with Crippen molar-refractivity contribution in [3.05, 3.63) is 29.3 Å². The molecule has 2 rings (SSSR count). The van der Waals surface area contributed by atoms with E-state index in [4.69, 9.17) is 4.74 Å². The first-order chi connectivity index (χ1) is 11.2. The number of hydrogen-bond acceptors (Lipinski definition) is 5. The molecular formula is C18H24N2O3S. The average Bonchev–Trinajstić information content (AvgIpc) is 2.96. The van der Waals surface area contributed by atoms with Crippen molar-refractivity contribution in [1.29, 1.82) is 0 Å². The van der Waals surface area contributed by atoms with E-state index in [9.17, 15) is 9.59 Å². The number of ether oxygens (including phenoxy) is 1. The van der Waals surface area contributed by atoms with Gasteiger partial charge in [0.2, 0.25) is 0 Å². The van der Waals surface area contributed by atoms with Gasteiger partial charge in [0.15, 0.2) is 5.78 Å². The second kappa shape index (κ2) is 7.75. The Labute approximate surface area is 146 Å². The fourth-order valence-electron chi connectivity index (χ4n) is 2.23. The number of hydrogen-bond donors (Lipinski definition) is 1. The van der Waals surface area contributed by atoms with Crippen LogP contribution in [-0.4, -0.2) is 29.0 Å². The smallest absolute Gasteiger partial charge is 0.407 e. The second-order valence-electron chi connectivity index (χ2n) is 6.98. The molecule has 2 aromatic rings. The number of thiazole rings is 1. The summed E-state index contributed by atoms with van der Waals surface area (Å²) in [6, 6.07) is 5.64. The number of Topliss-reactive ketones (excluding diaryl/α,β-unsaturated/α-hetero) is 1. The van der Waals surface area contributed by atoms with Crippen molar-refractivity contribution < 1.29 is 14.3 Å². The predicted octanol–water partition coefficient (Wildman–Crippen LogP) is 4.42. The maximum Gasteiger partial charge on any atom is 0.407 e. The number of ketones is 1. The summed E-state index contributed by atoms with van der Waals surface area (Å²) in [6.45, 7) is 7.98. The summed E-state index contributed by atoms with van der Waals surface area (Å²) >= 11 is 1.56. The van der Waals surface area contributed by atoms with Crippen LogP contribution in [0.15, 0.2) is 23.7 Å². The molecule has 24 heavy (non-hydrogen) atoms. The molecule has 0 bridgehead atoms. The van der Waals surface area contributed by atoms with Crippen LogP contribution in [0.2, 0.25) is 0 Å². The van der Waals surface area contributed by atoms with E-state index in [1.165, 1.54) is 0 Å². The van der Waals surface area contributed by atoms with Gasteiger partial charge in [-0.05, 0) is 51.3 Å².